The molecule has 4 N–H and O–H groups in total. The van der Waals surface area contributed by atoms with Crippen LogP contribution in [0.5, 0.6) is 0 Å². The molecular formula is C16H14ClN5O. The van der Waals surface area contributed by atoms with Gasteiger partial charge in [-0.1, -0.05) is 17.7 Å². The number of carbonyl (C=O) groups is 1. The van der Waals surface area contributed by atoms with E-state index >= 15 is 0 Å². The van der Waals surface area contributed by atoms with Crippen LogP contribution in [0.1, 0.15) is 5.56 Å². The molecule has 0 unspecified atom stereocenters. The van der Waals surface area contributed by atoms with Crippen LogP contribution in [-0.2, 0) is 11.3 Å². The monoisotopic (exact) mass is 327 g/mol. The van der Waals surface area contributed by atoms with E-state index in [2.05, 4.69) is 15.6 Å². The first-order valence-corrected chi connectivity index (χ1v) is 7.07. The summed E-state index contributed by atoms with van der Waals surface area (Å²) in [4.78, 5) is 15.9. The van der Waals surface area contributed by atoms with Gasteiger partial charge in [-0.05, 0) is 29.8 Å². The summed E-state index contributed by atoms with van der Waals surface area (Å²) in [5.41, 5.74) is 7.45. The second kappa shape index (κ2) is 7.82. The summed E-state index contributed by atoms with van der Waals surface area (Å²) < 4.78 is 0. The van der Waals surface area contributed by atoms with Crippen molar-refractivity contribution in [1.82, 2.24) is 10.3 Å². The molecule has 1 heterocycles. The molecule has 2 rings (SSSR count). The Kier molecular flexibility index (Phi) is 5.56. The zero-order valence-corrected chi connectivity index (χ0v) is 12.8. The van der Waals surface area contributed by atoms with Crippen molar-refractivity contribution in [3.8, 4) is 6.07 Å². The third kappa shape index (κ3) is 4.73. The van der Waals surface area contributed by atoms with Crippen molar-refractivity contribution in [2.24, 2.45) is 0 Å². The smallest absolute Gasteiger partial charge is 0.263 e. The third-order valence-corrected chi connectivity index (χ3v) is 3.22. The number of carbonyl (C=O) groups excluding carboxylic acids is 1. The van der Waals surface area contributed by atoms with E-state index in [1.807, 2.05) is 12.1 Å². The van der Waals surface area contributed by atoms with Gasteiger partial charge in [-0.25, -0.2) is 0 Å². The van der Waals surface area contributed by atoms with Gasteiger partial charge in [-0.3, -0.25) is 9.78 Å². The average Bonchev–Trinajstić information content (AvgIpc) is 2.56. The number of amides is 1. The molecule has 0 aliphatic rings. The molecule has 0 saturated heterocycles. The van der Waals surface area contributed by atoms with E-state index in [1.165, 1.54) is 6.20 Å². The van der Waals surface area contributed by atoms with E-state index < -0.39 is 5.91 Å². The summed E-state index contributed by atoms with van der Waals surface area (Å²) in [6.07, 6.45) is 4.59. The Balaban J connectivity index is 2.00. The van der Waals surface area contributed by atoms with Gasteiger partial charge in [0.1, 0.15) is 11.6 Å². The lowest BCUT2D eigenvalue weighted by Gasteiger charge is -2.07. The normalized spacial score (nSPS) is 10.7. The number of rotatable bonds is 5. The molecule has 0 aliphatic carbocycles. The van der Waals surface area contributed by atoms with Gasteiger partial charge in [0.15, 0.2) is 0 Å². The number of halogens is 1. The lowest BCUT2D eigenvalue weighted by Crippen LogP contribution is -2.24. The minimum atomic E-state index is -0.490. The molecule has 0 radical (unpaired) electrons. The Hall–Kier alpha value is -3.04. The number of hydrogen-bond acceptors (Lipinski definition) is 5. The number of nitrogens with one attached hydrogen (secondary N) is 2. The highest BCUT2D eigenvalue weighted by molar-refractivity contribution is 6.33. The van der Waals surface area contributed by atoms with Gasteiger partial charge in [0, 0.05) is 30.8 Å². The molecule has 1 amide bonds. The van der Waals surface area contributed by atoms with Gasteiger partial charge in [0.25, 0.3) is 5.91 Å². The quantitative estimate of drug-likeness (QED) is 0.444. The first-order chi connectivity index (χ1) is 11.1. The number of benzene rings is 1. The van der Waals surface area contributed by atoms with Gasteiger partial charge in [0.2, 0.25) is 0 Å². The first kappa shape index (κ1) is 16.3. The second-order valence-corrected chi connectivity index (χ2v) is 5.00. The van der Waals surface area contributed by atoms with Crippen molar-refractivity contribution >= 4 is 28.9 Å². The number of anilines is 2. The fraction of sp³-hybridized carbons (Fsp3) is 0.0625. The van der Waals surface area contributed by atoms with Crippen molar-refractivity contribution < 1.29 is 4.79 Å². The number of nitriles is 1. The summed E-state index contributed by atoms with van der Waals surface area (Å²) in [6.45, 7) is 0.286. The fourth-order valence-electron chi connectivity index (χ4n) is 1.73. The highest BCUT2D eigenvalue weighted by atomic mass is 35.5. The molecule has 0 fully saturated rings. The molecule has 2 aromatic rings. The molecular weight excluding hydrogens is 314 g/mol. The van der Waals surface area contributed by atoms with Crippen LogP contribution >= 0.6 is 11.6 Å². The van der Waals surface area contributed by atoms with Crippen molar-refractivity contribution in [2.45, 2.75) is 6.54 Å². The molecule has 0 saturated carbocycles. The van der Waals surface area contributed by atoms with Crippen LogP contribution in [-0.4, -0.2) is 10.9 Å². The van der Waals surface area contributed by atoms with Crippen molar-refractivity contribution in [2.75, 3.05) is 11.1 Å². The number of aromatic nitrogens is 1. The number of pyridine rings is 1. The van der Waals surface area contributed by atoms with Crippen molar-refractivity contribution in [3.05, 3.63) is 65.1 Å². The Bertz CT molecular complexity index is 768. The minimum absolute atomic E-state index is 0.0678. The van der Waals surface area contributed by atoms with E-state index in [1.54, 1.807) is 36.7 Å². The highest BCUT2D eigenvalue weighted by Crippen LogP contribution is 2.24. The van der Waals surface area contributed by atoms with Gasteiger partial charge >= 0.3 is 0 Å². The fourth-order valence-corrected chi connectivity index (χ4v) is 1.97. The molecule has 23 heavy (non-hydrogen) atoms. The van der Waals surface area contributed by atoms with Gasteiger partial charge < -0.3 is 16.4 Å². The van der Waals surface area contributed by atoms with E-state index in [0.29, 0.717) is 16.4 Å². The molecule has 7 heteroatoms. The number of nitrogens with zero attached hydrogens (tertiary/aromatic N) is 2. The van der Waals surface area contributed by atoms with Gasteiger partial charge in [-0.2, -0.15) is 5.26 Å². The highest BCUT2D eigenvalue weighted by Gasteiger charge is 2.09. The SMILES string of the molecule is N#C/C(=C/Nc1ccc(N)cc1Cl)C(=O)NCc1cccnc1. The second-order valence-electron chi connectivity index (χ2n) is 4.60. The predicted molar refractivity (Wildman–Crippen MR) is 89.3 cm³/mol. The van der Waals surface area contributed by atoms with Crippen LogP contribution < -0.4 is 16.4 Å². The van der Waals surface area contributed by atoms with Crippen LogP contribution in [0.3, 0.4) is 0 Å². The Labute approximate surface area is 138 Å². The Morgan fingerprint density at radius 3 is 2.91 bits per heavy atom. The maximum absolute atomic E-state index is 12.0. The van der Waals surface area contributed by atoms with E-state index in [4.69, 9.17) is 22.6 Å². The minimum Gasteiger partial charge on any atom is -0.399 e. The van der Waals surface area contributed by atoms with Crippen LogP contribution in [0.15, 0.2) is 54.5 Å². The molecule has 0 bridgehead atoms. The van der Waals surface area contributed by atoms with E-state index in [9.17, 15) is 4.79 Å². The van der Waals surface area contributed by atoms with Crippen LogP contribution in [0, 0.1) is 11.3 Å². The number of nitrogens with two attached hydrogens (primary N) is 1. The predicted octanol–water partition coefficient (Wildman–Crippen LogP) is 2.45. The van der Waals surface area contributed by atoms with Crippen molar-refractivity contribution in [3.63, 3.8) is 0 Å². The van der Waals surface area contributed by atoms with Crippen LogP contribution in [0.25, 0.3) is 0 Å². The summed E-state index contributed by atoms with van der Waals surface area (Å²) >= 11 is 6.01. The largest absolute Gasteiger partial charge is 0.399 e. The van der Waals surface area contributed by atoms with Gasteiger partial charge in [-0.15, -0.1) is 0 Å². The third-order valence-electron chi connectivity index (χ3n) is 2.91. The van der Waals surface area contributed by atoms with Crippen LogP contribution in [0.2, 0.25) is 5.02 Å². The zero-order chi connectivity index (χ0) is 16.7. The lowest BCUT2D eigenvalue weighted by atomic mass is 10.2. The molecule has 1 aromatic heterocycles. The van der Waals surface area contributed by atoms with Crippen LogP contribution in [0.4, 0.5) is 11.4 Å². The molecule has 6 nitrogen and oxygen atoms in total. The lowest BCUT2D eigenvalue weighted by molar-refractivity contribution is -0.117. The summed E-state index contributed by atoms with van der Waals surface area (Å²) in [5.74, 6) is -0.490. The summed E-state index contributed by atoms with van der Waals surface area (Å²) in [5, 5.41) is 15.0. The Morgan fingerprint density at radius 2 is 2.26 bits per heavy atom. The van der Waals surface area contributed by atoms with Gasteiger partial charge in [0.05, 0.1) is 10.7 Å². The van der Waals surface area contributed by atoms with Crippen molar-refractivity contribution in [1.29, 1.82) is 5.26 Å². The van der Waals surface area contributed by atoms with E-state index in [0.717, 1.165) is 5.56 Å². The average molecular weight is 328 g/mol. The number of hydrogen-bond donors (Lipinski definition) is 3. The maximum Gasteiger partial charge on any atom is 0.263 e. The first-order valence-electron chi connectivity index (χ1n) is 6.69. The summed E-state index contributed by atoms with van der Waals surface area (Å²) in [7, 11) is 0. The zero-order valence-electron chi connectivity index (χ0n) is 12.1. The van der Waals surface area contributed by atoms with E-state index in [-0.39, 0.29) is 12.1 Å². The molecule has 116 valence electrons. The standard InChI is InChI=1S/C16H14ClN5O/c17-14-6-13(19)3-4-15(14)21-10-12(7-18)16(23)22-9-11-2-1-5-20-8-11/h1-6,8,10,21H,9,19H2,(H,22,23)/b12-10-. The molecule has 0 spiro atoms. The Morgan fingerprint density at radius 1 is 1.43 bits per heavy atom. The molecule has 0 atom stereocenters. The number of nitrogen functional groups attached to an aromatic ring is 1. The molecule has 1 aromatic carbocycles. The maximum atomic E-state index is 12.0. The topological polar surface area (TPSA) is 104 Å². The summed E-state index contributed by atoms with van der Waals surface area (Å²) in [6, 6.07) is 10.3. The molecule has 0 aliphatic heterocycles.